The van der Waals surface area contributed by atoms with E-state index in [9.17, 15) is 9.59 Å². The fraction of sp³-hybridized carbons (Fsp3) is 0.867. The van der Waals surface area contributed by atoms with Gasteiger partial charge in [0.2, 0.25) is 5.91 Å². The van der Waals surface area contributed by atoms with E-state index in [-0.39, 0.29) is 17.9 Å². The molecule has 0 spiro atoms. The van der Waals surface area contributed by atoms with E-state index in [1.165, 1.54) is 0 Å². The van der Waals surface area contributed by atoms with Crippen molar-refractivity contribution in [2.24, 2.45) is 11.8 Å². The topological polar surface area (TPSA) is 87.7 Å². The van der Waals surface area contributed by atoms with Crippen molar-refractivity contribution >= 4 is 11.9 Å². The number of carbonyl (C=O) groups excluding carboxylic acids is 1. The molecule has 0 bridgehead atoms. The second-order valence-electron chi connectivity index (χ2n) is 5.82. The molecule has 1 saturated carbocycles. The number of hydrogen-bond acceptors (Lipinski definition) is 4. The molecule has 6 nitrogen and oxygen atoms in total. The Kier molecular flexibility index (Phi) is 8.30. The maximum atomic E-state index is 11.8. The maximum absolute atomic E-state index is 11.8. The highest BCUT2D eigenvalue weighted by atomic mass is 16.5. The van der Waals surface area contributed by atoms with Gasteiger partial charge in [-0.15, -0.1) is 0 Å². The van der Waals surface area contributed by atoms with Crippen molar-refractivity contribution in [2.45, 2.75) is 45.1 Å². The first-order valence-electron chi connectivity index (χ1n) is 7.77. The van der Waals surface area contributed by atoms with Crippen LogP contribution in [0.15, 0.2) is 0 Å². The number of amides is 1. The number of carboxylic acid groups (broad SMARTS) is 1. The van der Waals surface area contributed by atoms with Crippen LogP contribution in [0.3, 0.4) is 0 Å². The number of aliphatic carboxylic acids is 1. The molecule has 1 aliphatic carbocycles. The fourth-order valence-corrected chi connectivity index (χ4v) is 2.63. The molecule has 0 heterocycles. The first-order chi connectivity index (χ1) is 10.0. The van der Waals surface area contributed by atoms with Crippen LogP contribution in [0, 0.1) is 11.8 Å². The summed E-state index contributed by atoms with van der Waals surface area (Å²) in [6.45, 7) is 3.91. The SMILES string of the molecule is COCCCNC(=O)C(C)NCC1CCC(C(=O)O)CC1. The van der Waals surface area contributed by atoms with Crippen LogP contribution in [-0.4, -0.2) is 49.8 Å². The summed E-state index contributed by atoms with van der Waals surface area (Å²) in [6.07, 6.45) is 4.16. The molecule has 0 aromatic carbocycles. The second-order valence-corrected chi connectivity index (χ2v) is 5.82. The average molecular weight is 300 g/mol. The highest BCUT2D eigenvalue weighted by molar-refractivity contribution is 5.81. The summed E-state index contributed by atoms with van der Waals surface area (Å²) in [5, 5.41) is 15.1. The van der Waals surface area contributed by atoms with Crippen LogP contribution in [-0.2, 0) is 14.3 Å². The van der Waals surface area contributed by atoms with Gasteiger partial charge in [-0.1, -0.05) is 0 Å². The number of ether oxygens (including phenoxy) is 1. The minimum absolute atomic E-state index is 0.00493. The quantitative estimate of drug-likeness (QED) is 0.553. The Morgan fingerprint density at radius 3 is 2.52 bits per heavy atom. The van der Waals surface area contributed by atoms with Crippen molar-refractivity contribution in [1.82, 2.24) is 10.6 Å². The molecular weight excluding hydrogens is 272 g/mol. The van der Waals surface area contributed by atoms with Gasteiger partial charge in [0.25, 0.3) is 0 Å². The van der Waals surface area contributed by atoms with E-state index in [4.69, 9.17) is 9.84 Å². The Labute approximate surface area is 126 Å². The van der Waals surface area contributed by atoms with E-state index in [2.05, 4.69) is 10.6 Å². The first kappa shape index (κ1) is 17.9. The predicted molar refractivity (Wildman–Crippen MR) is 80.1 cm³/mol. The number of hydrogen-bond donors (Lipinski definition) is 3. The van der Waals surface area contributed by atoms with Gasteiger partial charge in [0.05, 0.1) is 12.0 Å². The zero-order valence-electron chi connectivity index (χ0n) is 13.1. The molecule has 0 aromatic rings. The highest BCUT2D eigenvalue weighted by Crippen LogP contribution is 2.28. The number of methoxy groups -OCH3 is 1. The van der Waals surface area contributed by atoms with E-state index >= 15 is 0 Å². The smallest absolute Gasteiger partial charge is 0.306 e. The Hall–Kier alpha value is -1.14. The Morgan fingerprint density at radius 2 is 1.95 bits per heavy atom. The lowest BCUT2D eigenvalue weighted by Crippen LogP contribution is -2.44. The molecule has 1 aliphatic rings. The molecule has 6 heteroatoms. The van der Waals surface area contributed by atoms with Gasteiger partial charge in [0.15, 0.2) is 0 Å². The minimum atomic E-state index is -0.676. The third-order valence-corrected chi connectivity index (χ3v) is 4.13. The highest BCUT2D eigenvalue weighted by Gasteiger charge is 2.26. The lowest BCUT2D eigenvalue weighted by Gasteiger charge is -2.27. The van der Waals surface area contributed by atoms with Crippen LogP contribution in [0.4, 0.5) is 0 Å². The molecular formula is C15H28N2O4. The molecule has 0 aromatic heterocycles. The van der Waals surface area contributed by atoms with Crippen molar-refractivity contribution in [1.29, 1.82) is 0 Å². The fourth-order valence-electron chi connectivity index (χ4n) is 2.63. The van der Waals surface area contributed by atoms with Gasteiger partial charge in [-0.2, -0.15) is 0 Å². The molecule has 21 heavy (non-hydrogen) atoms. The van der Waals surface area contributed by atoms with Crippen molar-refractivity contribution in [2.75, 3.05) is 26.8 Å². The van der Waals surface area contributed by atoms with Crippen molar-refractivity contribution in [3.05, 3.63) is 0 Å². The summed E-state index contributed by atoms with van der Waals surface area (Å²) in [5.74, 6) is -0.373. The average Bonchev–Trinajstić information content (AvgIpc) is 2.49. The van der Waals surface area contributed by atoms with Gasteiger partial charge in [-0.3, -0.25) is 9.59 Å². The van der Waals surface area contributed by atoms with Gasteiger partial charge in [0.1, 0.15) is 0 Å². The predicted octanol–water partition coefficient (Wildman–Crippen LogP) is 1.01. The summed E-state index contributed by atoms with van der Waals surface area (Å²) in [4.78, 5) is 22.7. The van der Waals surface area contributed by atoms with Crippen LogP contribution in [0.25, 0.3) is 0 Å². The molecule has 0 aliphatic heterocycles. The second kappa shape index (κ2) is 9.73. The van der Waals surface area contributed by atoms with E-state index < -0.39 is 5.97 Å². The number of nitrogens with one attached hydrogen (secondary N) is 2. The summed E-state index contributed by atoms with van der Waals surface area (Å²) in [6, 6.07) is -0.218. The number of rotatable bonds is 9. The van der Waals surface area contributed by atoms with Crippen LogP contribution < -0.4 is 10.6 Å². The maximum Gasteiger partial charge on any atom is 0.306 e. The Bertz CT molecular complexity index is 328. The number of carboxylic acids is 1. The van der Waals surface area contributed by atoms with Crippen molar-refractivity contribution in [3.8, 4) is 0 Å². The van der Waals surface area contributed by atoms with Gasteiger partial charge < -0.3 is 20.5 Å². The molecule has 0 radical (unpaired) electrons. The van der Waals surface area contributed by atoms with Gasteiger partial charge in [-0.25, -0.2) is 0 Å². The zero-order valence-corrected chi connectivity index (χ0v) is 13.1. The summed E-state index contributed by atoms with van der Waals surface area (Å²) in [5.41, 5.74) is 0. The lowest BCUT2D eigenvalue weighted by molar-refractivity contribution is -0.143. The van der Waals surface area contributed by atoms with E-state index in [1.54, 1.807) is 7.11 Å². The van der Waals surface area contributed by atoms with E-state index in [0.717, 1.165) is 38.6 Å². The Morgan fingerprint density at radius 1 is 1.29 bits per heavy atom. The number of carbonyl (C=O) groups is 2. The minimum Gasteiger partial charge on any atom is -0.481 e. The molecule has 122 valence electrons. The summed E-state index contributed by atoms with van der Waals surface area (Å²) >= 11 is 0. The van der Waals surface area contributed by atoms with Gasteiger partial charge >= 0.3 is 5.97 Å². The monoisotopic (exact) mass is 300 g/mol. The largest absolute Gasteiger partial charge is 0.481 e. The van der Waals surface area contributed by atoms with Crippen molar-refractivity contribution < 1.29 is 19.4 Å². The molecule has 0 saturated heterocycles. The van der Waals surface area contributed by atoms with Gasteiger partial charge in [0, 0.05) is 20.3 Å². The first-order valence-corrected chi connectivity index (χ1v) is 7.77. The van der Waals surface area contributed by atoms with Crippen LogP contribution >= 0.6 is 0 Å². The third-order valence-electron chi connectivity index (χ3n) is 4.13. The molecule has 3 N–H and O–H groups in total. The van der Waals surface area contributed by atoms with E-state index in [1.807, 2.05) is 6.92 Å². The normalized spacial score (nSPS) is 23.5. The van der Waals surface area contributed by atoms with Crippen LogP contribution in [0.1, 0.15) is 39.0 Å². The van der Waals surface area contributed by atoms with Crippen LogP contribution in [0.5, 0.6) is 0 Å². The van der Waals surface area contributed by atoms with Crippen LogP contribution in [0.2, 0.25) is 0 Å². The van der Waals surface area contributed by atoms with E-state index in [0.29, 0.717) is 19.1 Å². The molecule has 1 unspecified atom stereocenters. The lowest BCUT2D eigenvalue weighted by atomic mass is 9.82. The van der Waals surface area contributed by atoms with Crippen molar-refractivity contribution in [3.63, 3.8) is 0 Å². The molecule has 1 atom stereocenters. The third kappa shape index (κ3) is 6.91. The summed E-state index contributed by atoms with van der Waals surface area (Å²) < 4.78 is 4.93. The van der Waals surface area contributed by atoms with Gasteiger partial charge in [-0.05, 0) is 51.5 Å². The molecule has 1 rings (SSSR count). The molecule has 1 amide bonds. The summed E-state index contributed by atoms with van der Waals surface area (Å²) in [7, 11) is 1.64. The molecule has 1 fully saturated rings. The standard InChI is InChI=1S/C15H28N2O4/c1-11(14(18)16-8-3-9-21-2)17-10-12-4-6-13(7-5-12)15(19)20/h11-13,17H,3-10H2,1-2H3,(H,16,18)(H,19,20). The zero-order chi connectivity index (χ0) is 15.7. The Balaban J connectivity index is 2.14.